The first kappa shape index (κ1) is 8.62. The van der Waals surface area contributed by atoms with E-state index in [1.807, 2.05) is 6.07 Å². The highest BCUT2D eigenvalue weighted by Crippen LogP contribution is 2.10. The third kappa shape index (κ3) is 1.42. The molecule has 0 amide bonds. The lowest BCUT2D eigenvalue weighted by atomic mass is 10.2. The fourth-order valence-electron chi connectivity index (χ4n) is 1.26. The molecule has 0 spiro atoms. The van der Waals surface area contributed by atoms with Gasteiger partial charge in [0.15, 0.2) is 5.78 Å². The minimum atomic E-state index is -0.0592. The molecule has 2 aromatic heterocycles. The van der Waals surface area contributed by atoms with Gasteiger partial charge in [-0.1, -0.05) is 0 Å². The zero-order valence-corrected chi connectivity index (χ0v) is 7.71. The van der Waals surface area contributed by atoms with Crippen LogP contribution in [0.2, 0.25) is 0 Å². The van der Waals surface area contributed by atoms with Crippen LogP contribution >= 0.6 is 0 Å². The summed E-state index contributed by atoms with van der Waals surface area (Å²) in [5, 5.41) is 4.05. The SMILES string of the molecule is CC(=O)c1ncccc1-n1cccn1. The van der Waals surface area contributed by atoms with Crippen molar-refractivity contribution in [1.82, 2.24) is 14.8 Å². The number of carbonyl (C=O) groups is 1. The topological polar surface area (TPSA) is 47.8 Å². The van der Waals surface area contributed by atoms with Gasteiger partial charge in [-0.2, -0.15) is 5.10 Å². The van der Waals surface area contributed by atoms with E-state index in [-0.39, 0.29) is 5.78 Å². The molecular formula is C10H9N3O. The fraction of sp³-hybridized carbons (Fsp3) is 0.100. The monoisotopic (exact) mass is 187 g/mol. The Morgan fingerprint density at radius 2 is 2.21 bits per heavy atom. The smallest absolute Gasteiger partial charge is 0.180 e. The first-order valence-electron chi connectivity index (χ1n) is 4.25. The van der Waals surface area contributed by atoms with Gasteiger partial charge in [0, 0.05) is 25.5 Å². The molecule has 0 bridgehead atoms. The van der Waals surface area contributed by atoms with Gasteiger partial charge in [-0.3, -0.25) is 9.78 Å². The Kier molecular flexibility index (Phi) is 2.10. The molecule has 0 N–H and O–H groups in total. The summed E-state index contributed by atoms with van der Waals surface area (Å²) in [5.74, 6) is -0.0592. The molecule has 0 aliphatic rings. The molecular weight excluding hydrogens is 178 g/mol. The van der Waals surface area contributed by atoms with Crippen LogP contribution in [-0.4, -0.2) is 20.5 Å². The zero-order valence-electron chi connectivity index (χ0n) is 7.71. The summed E-state index contributed by atoms with van der Waals surface area (Å²) in [4.78, 5) is 15.3. The van der Waals surface area contributed by atoms with Crippen LogP contribution in [-0.2, 0) is 0 Å². The van der Waals surface area contributed by atoms with Crippen LogP contribution in [0.5, 0.6) is 0 Å². The van der Waals surface area contributed by atoms with E-state index >= 15 is 0 Å². The van der Waals surface area contributed by atoms with Gasteiger partial charge in [0.05, 0.1) is 5.69 Å². The van der Waals surface area contributed by atoms with E-state index in [0.29, 0.717) is 11.4 Å². The quantitative estimate of drug-likeness (QED) is 0.669. The van der Waals surface area contributed by atoms with Crippen LogP contribution in [0.1, 0.15) is 17.4 Å². The third-order valence-corrected chi connectivity index (χ3v) is 1.87. The average Bonchev–Trinajstić information content (AvgIpc) is 2.70. The van der Waals surface area contributed by atoms with Crippen molar-refractivity contribution in [2.45, 2.75) is 6.92 Å². The fourth-order valence-corrected chi connectivity index (χ4v) is 1.26. The van der Waals surface area contributed by atoms with Gasteiger partial charge in [0.2, 0.25) is 0 Å². The summed E-state index contributed by atoms with van der Waals surface area (Å²) in [7, 11) is 0. The summed E-state index contributed by atoms with van der Waals surface area (Å²) in [6.45, 7) is 1.50. The molecule has 2 aromatic rings. The average molecular weight is 187 g/mol. The standard InChI is InChI=1S/C10H9N3O/c1-8(14)10-9(4-2-5-11-10)13-7-3-6-12-13/h2-7H,1H3. The molecule has 4 heteroatoms. The summed E-state index contributed by atoms with van der Waals surface area (Å²) in [6, 6.07) is 5.40. The number of Topliss-reactive ketones (excluding diaryl/α,β-unsaturated/α-hetero) is 1. The molecule has 14 heavy (non-hydrogen) atoms. The van der Waals surface area contributed by atoms with Gasteiger partial charge >= 0.3 is 0 Å². The normalized spacial score (nSPS) is 10.1. The second kappa shape index (κ2) is 3.41. The Balaban J connectivity index is 2.58. The molecule has 0 saturated carbocycles. The zero-order chi connectivity index (χ0) is 9.97. The van der Waals surface area contributed by atoms with Crippen molar-refractivity contribution in [3.8, 4) is 5.69 Å². The number of pyridine rings is 1. The highest BCUT2D eigenvalue weighted by atomic mass is 16.1. The van der Waals surface area contributed by atoms with Crippen LogP contribution in [0.4, 0.5) is 0 Å². The lowest BCUT2D eigenvalue weighted by Crippen LogP contribution is -2.05. The van der Waals surface area contributed by atoms with Gasteiger partial charge in [0.25, 0.3) is 0 Å². The van der Waals surface area contributed by atoms with E-state index in [2.05, 4.69) is 10.1 Å². The highest BCUT2D eigenvalue weighted by molar-refractivity contribution is 5.95. The highest BCUT2D eigenvalue weighted by Gasteiger charge is 2.09. The molecule has 0 saturated heterocycles. The van der Waals surface area contributed by atoms with Crippen molar-refractivity contribution in [2.24, 2.45) is 0 Å². The number of nitrogens with zero attached hydrogens (tertiary/aromatic N) is 3. The number of carbonyl (C=O) groups excluding carboxylic acids is 1. The second-order valence-corrected chi connectivity index (χ2v) is 2.88. The van der Waals surface area contributed by atoms with Gasteiger partial charge in [-0.25, -0.2) is 4.68 Å². The summed E-state index contributed by atoms with van der Waals surface area (Å²) in [6.07, 6.45) is 5.05. The summed E-state index contributed by atoms with van der Waals surface area (Å²) in [5.41, 5.74) is 1.15. The van der Waals surface area contributed by atoms with Crippen LogP contribution in [0.15, 0.2) is 36.8 Å². The molecule has 0 aliphatic carbocycles. The number of ketones is 1. The number of hydrogen-bond donors (Lipinski definition) is 0. The second-order valence-electron chi connectivity index (χ2n) is 2.88. The molecule has 2 rings (SSSR count). The molecule has 2 heterocycles. The maximum Gasteiger partial charge on any atom is 0.180 e. The molecule has 0 unspecified atom stereocenters. The maximum absolute atomic E-state index is 11.3. The van der Waals surface area contributed by atoms with Crippen molar-refractivity contribution in [3.63, 3.8) is 0 Å². The Morgan fingerprint density at radius 1 is 1.36 bits per heavy atom. The Bertz CT molecular complexity index is 448. The van der Waals surface area contributed by atoms with Gasteiger partial charge in [0.1, 0.15) is 5.69 Å². The van der Waals surface area contributed by atoms with Crippen LogP contribution in [0, 0.1) is 0 Å². The molecule has 70 valence electrons. The molecule has 4 nitrogen and oxygen atoms in total. The minimum absolute atomic E-state index is 0.0592. The Morgan fingerprint density at radius 3 is 2.86 bits per heavy atom. The van der Waals surface area contributed by atoms with Crippen molar-refractivity contribution < 1.29 is 4.79 Å². The minimum Gasteiger partial charge on any atom is -0.293 e. The summed E-state index contributed by atoms with van der Waals surface area (Å²) < 4.78 is 1.63. The van der Waals surface area contributed by atoms with Crippen molar-refractivity contribution in [2.75, 3.05) is 0 Å². The summed E-state index contributed by atoms with van der Waals surface area (Å²) >= 11 is 0. The van der Waals surface area contributed by atoms with Crippen molar-refractivity contribution in [1.29, 1.82) is 0 Å². The Hall–Kier alpha value is -1.97. The molecule has 0 atom stereocenters. The Labute approximate surface area is 81.2 Å². The molecule has 0 aliphatic heterocycles. The van der Waals surface area contributed by atoms with E-state index in [9.17, 15) is 4.79 Å². The predicted octanol–water partition coefficient (Wildman–Crippen LogP) is 1.47. The van der Waals surface area contributed by atoms with E-state index in [1.165, 1.54) is 6.92 Å². The van der Waals surface area contributed by atoms with E-state index in [1.54, 1.807) is 35.4 Å². The van der Waals surface area contributed by atoms with Gasteiger partial charge in [-0.15, -0.1) is 0 Å². The van der Waals surface area contributed by atoms with E-state index in [4.69, 9.17) is 0 Å². The molecule has 0 aromatic carbocycles. The molecule has 0 radical (unpaired) electrons. The van der Waals surface area contributed by atoms with E-state index < -0.39 is 0 Å². The van der Waals surface area contributed by atoms with Crippen LogP contribution in [0.3, 0.4) is 0 Å². The third-order valence-electron chi connectivity index (χ3n) is 1.87. The largest absolute Gasteiger partial charge is 0.293 e. The van der Waals surface area contributed by atoms with Crippen LogP contribution < -0.4 is 0 Å². The van der Waals surface area contributed by atoms with Crippen molar-refractivity contribution >= 4 is 5.78 Å². The lowest BCUT2D eigenvalue weighted by Gasteiger charge is -2.04. The predicted molar refractivity (Wildman–Crippen MR) is 51.4 cm³/mol. The molecule has 0 fully saturated rings. The van der Waals surface area contributed by atoms with E-state index in [0.717, 1.165) is 0 Å². The number of aromatic nitrogens is 3. The van der Waals surface area contributed by atoms with Crippen molar-refractivity contribution in [3.05, 3.63) is 42.5 Å². The lowest BCUT2D eigenvalue weighted by molar-refractivity contribution is 0.101. The number of rotatable bonds is 2. The number of hydrogen-bond acceptors (Lipinski definition) is 3. The first-order valence-corrected chi connectivity index (χ1v) is 4.25. The first-order chi connectivity index (χ1) is 6.79. The van der Waals surface area contributed by atoms with Gasteiger partial charge < -0.3 is 0 Å². The van der Waals surface area contributed by atoms with Gasteiger partial charge in [-0.05, 0) is 18.2 Å². The van der Waals surface area contributed by atoms with Crippen LogP contribution in [0.25, 0.3) is 5.69 Å². The maximum atomic E-state index is 11.3.